The molecule has 0 saturated carbocycles. The summed E-state index contributed by atoms with van der Waals surface area (Å²) >= 11 is 1.12. The highest BCUT2D eigenvalue weighted by molar-refractivity contribution is 7.22. The third kappa shape index (κ3) is 4.37. The van der Waals surface area contributed by atoms with Crippen LogP contribution in [0.1, 0.15) is 32.1 Å². The second-order valence-electron chi connectivity index (χ2n) is 10.6. The Kier molecular flexibility index (Phi) is 6.07. The predicted molar refractivity (Wildman–Crippen MR) is 149 cm³/mol. The highest BCUT2D eigenvalue weighted by Gasteiger charge is 2.49. The number of pyridine rings is 1. The number of hydrogen-bond acceptors (Lipinski definition) is 9. The summed E-state index contributed by atoms with van der Waals surface area (Å²) in [6, 6.07) is 5.24. The monoisotopic (exact) mass is 549 g/mol. The van der Waals surface area contributed by atoms with Crippen LogP contribution in [0.4, 0.5) is 19.7 Å². The molecule has 39 heavy (non-hydrogen) atoms. The zero-order valence-corrected chi connectivity index (χ0v) is 22.3. The van der Waals surface area contributed by atoms with Gasteiger partial charge in [0.1, 0.15) is 24.4 Å². The first kappa shape index (κ1) is 24.6. The molecule has 2 N–H and O–H groups in total. The van der Waals surface area contributed by atoms with E-state index in [2.05, 4.69) is 26.9 Å². The standard InChI is InChI=1S/C28H29F2N7OS/c29-17-13-28(8-5-11-37(28)15-17)16-38-27-33-22-12-21(18-6-7-20(30)24-23(18)34-26(31)39-24)32-14-19(22)25(35-27)36-9-3-1-2-4-10-36/h1-2,6-7,12,14,17H,3-5,8-11,13,15-16H2,(H2,31,34). The van der Waals surface area contributed by atoms with Crippen LogP contribution in [-0.2, 0) is 0 Å². The summed E-state index contributed by atoms with van der Waals surface area (Å²) in [5, 5.41) is 1.12. The molecule has 0 radical (unpaired) electrons. The number of halogens is 2. The molecule has 0 amide bonds. The van der Waals surface area contributed by atoms with Gasteiger partial charge in [-0.25, -0.2) is 13.8 Å². The maximum atomic E-state index is 14.4. The van der Waals surface area contributed by atoms with Crippen LogP contribution < -0.4 is 15.4 Å². The molecule has 202 valence electrons. The number of thiazole rings is 1. The first-order chi connectivity index (χ1) is 19.0. The lowest BCUT2D eigenvalue weighted by atomic mass is 9.95. The van der Waals surface area contributed by atoms with Crippen LogP contribution in [0, 0.1) is 5.82 Å². The molecule has 2 unspecified atom stereocenters. The maximum absolute atomic E-state index is 14.4. The average Bonchev–Trinajstić information content (AvgIpc) is 3.50. The van der Waals surface area contributed by atoms with E-state index in [4.69, 9.17) is 25.4 Å². The van der Waals surface area contributed by atoms with Crippen molar-refractivity contribution < 1.29 is 13.5 Å². The molecule has 0 bridgehead atoms. The Morgan fingerprint density at radius 2 is 1.97 bits per heavy atom. The molecule has 7 rings (SSSR count). The van der Waals surface area contributed by atoms with E-state index in [9.17, 15) is 8.78 Å². The van der Waals surface area contributed by atoms with Gasteiger partial charge in [0.05, 0.1) is 32.4 Å². The minimum atomic E-state index is -0.826. The van der Waals surface area contributed by atoms with Crippen molar-refractivity contribution in [2.24, 2.45) is 0 Å². The highest BCUT2D eigenvalue weighted by Crippen LogP contribution is 2.41. The topological polar surface area (TPSA) is 93.3 Å². The largest absolute Gasteiger partial charge is 0.461 e. The van der Waals surface area contributed by atoms with Gasteiger partial charge in [-0.1, -0.05) is 23.5 Å². The molecular weight excluding hydrogens is 520 g/mol. The smallest absolute Gasteiger partial charge is 0.319 e. The molecule has 8 nitrogen and oxygen atoms in total. The number of nitrogens with zero attached hydrogens (tertiary/aromatic N) is 6. The van der Waals surface area contributed by atoms with Gasteiger partial charge in [-0.15, -0.1) is 0 Å². The SMILES string of the molecule is Nc1nc2c(-c3cc4nc(OCC56CCCN5CC(F)C6)nc(N5CCC=CCC5)c4cn3)ccc(F)c2s1. The summed E-state index contributed by atoms with van der Waals surface area (Å²) in [5.41, 5.74) is 8.07. The zero-order chi connectivity index (χ0) is 26.6. The van der Waals surface area contributed by atoms with Crippen molar-refractivity contribution in [2.45, 2.75) is 43.8 Å². The number of alkyl halides is 1. The third-order valence-electron chi connectivity index (χ3n) is 8.16. The van der Waals surface area contributed by atoms with E-state index in [1.165, 1.54) is 6.07 Å². The van der Waals surface area contributed by atoms with E-state index in [-0.39, 0.29) is 17.4 Å². The second kappa shape index (κ2) is 9.63. The van der Waals surface area contributed by atoms with Gasteiger partial charge < -0.3 is 15.4 Å². The van der Waals surface area contributed by atoms with Gasteiger partial charge in [0, 0.05) is 37.8 Å². The van der Waals surface area contributed by atoms with Crippen LogP contribution in [0.25, 0.3) is 32.4 Å². The first-order valence-corrected chi connectivity index (χ1v) is 14.3. The van der Waals surface area contributed by atoms with Crippen LogP contribution in [0.5, 0.6) is 6.01 Å². The molecule has 3 aliphatic rings. The van der Waals surface area contributed by atoms with E-state index in [1.807, 2.05) is 6.07 Å². The van der Waals surface area contributed by atoms with Crippen LogP contribution in [-0.4, -0.2) is 69.3 Å². The van der Waals surface area contributed by atoms with E-state index in [0.29, 0.717) is 51.7 Å². The minimum absolute atomic E-state index is 0.276. The molecule has 2 saturated heterocycles. The van der Waals surface area contributed by atoms with Crippen LogP contribution in [0.15, 0.2) is 36.5 Å². The first-order valence-electron chi connectivity index (χ1n) is 13.4. The lowest BCUT2D eigenvalue weighted by Crippen LogP contribution is -2.43. The molecule has 4 aromatic rings. The van der Waals surface area contributed by atoms with Crippen molar-refractivity contribution in [1.82, 2.24) is 24.8 Å². The Hall–Kier alpha value is -3.44. The predicted octanol–water partition coefficient (Wildman–Crippen LogP) is 5.13. The molecule has 1 aromatic carbocycles. The summed E-state index contributed by atoms with van der Waals surface area (Å²) in [6.45, 7) is 3.37. The van der Waals surface area contributed by atoms with Gasteiger partial charge in [-0.3, -0.25) is 9.88 Å². The summed E-state index contributed by atoms with van der Waals surface area (Å²) in [6.07, 6.45) is 9.61. The zero-order valence-electron chi connectivity index (χ0n) is 21.4. The Bertz CT molecular complexity index is 1580. The molecule has 0 aliphatic carbocycles. The lowest BCUT2D eigenvalue weighted by molar-refractivity contribution is 0.107. The van der Waals surface area contributed by atoms with E-state index >= 15 is 0 Å². The number of benzene rings is 1. The Morgan fingerprint density at radius 3 is 2.82 bits per heavy atom. The number of anilines is 2. The molecule has 3 aliphatic heterocycles. The molecule has 2 atom stereocenters. The Morgan fingerprint density at radius 1 is 1.13 bits per heavy atom. The summed E-state index contributed by atoms with van der Waals surface area (Å²) < 4.78 is 35.5. The van der Waals surface area contributed by atoms with Crippen molar-refractivity contribution in [3.63, 3.8) is 0 Å². The maximum Gasteiger partial charge on any atom is 0.319 e. The third-order valence-corrected chi connectivity index (χ3v) is 9.05. The number of rotatable bonds is 5. The lowest BCUT2D eigenvalue weighted by Gasteiger charge is -2.31. The van der Waals surface area contributed by atoms with Gasteiger partial charge in [-0.2, -0.15) is 9.97 Å². The molecule has 6 heterocycles. The Balaban J connectivity index is 1.30. The van der Waals surface area contributed by atoms with Crippen molar-refractivity contribution in [2.75, 3.05) is 43.4 Å². The molecule has 0 spiro atoms. The fraction of sp³-hybridized carbons (Fsp3) is 0.429. The van der Waals surface area contributed by atoms with Crippen molar-refractivity contribution in [1.29, 1.82) is 0 Å². The minimum Gasteiger partial charge on any atom is -0.461 e. The van der Waals surface area contributed by atoms with Crippen molar-refractivity contribution in [3.8, 4) is 17.3 Å². The number of hydrogen-bond donors (Lipinski definition) is 1. The number of fused-ring (bicyclic) bond motifs is 3. The van der Waals surface area contributed by atoms with Gasteiger partial charge in [-0.05, 0) is 50.4 Å². The van der Waals surface area contributed by atoms with Crippen molar-refractivity contribution in [3.05, 3.63) is 42.4 Å². The van der Waals surface area contributed by atoms with E-state index < -0.39 is 6.17 Å². The van der Waals surface area contributed by atoms with Gasteiger partial charge in [0.2, 0.25) is 0 Å². The molecular formula is C28H29F2N7OS. The molecule has 2 fully saturated rings. The fourth-order valence-corrected chi connectivity index (χ4v) is 7.07. The average molecular weight is 550 g/mol. The number of ether oxygens (including phenoxy) is 1. The van der Waals surface area contributed by atoms with Crippen LogP contribution in [0.3, 0.4) is 0 Å². The quantitative estimate of drug-likeness (QED) is 0.343. The summed E-state index contributed by atoms with van der Waals surface area (Å²) in [5.74, 6) is 0.414. The highest BCUT2D eigenvalue weighted by atomic mass is 32.1. The second-order valence-corrected chi connectivity index (χ2v) is 11.7. The van der Waals surface area contributed by atoms with Crippen LogP contribution in [0.2, 0.25) is 0 Å². The van der Waals surface area contributed by atoms with Gasteiger partial charge in [0.15, 0.2) is 5.13 Å². The number of nitrogen functional groups attached to an aromatic ring is 1. The normalized spacial score (nSPS) is 23.5. The van der Waals surface area contributed by atoms with E-state index in [1.54, 1.807) is 12.3 Å². The summed E-state index contributed by atoms with van der Waals surface area (Å²) in [4.78, 5) is 23.2. The number of nitrogens with two attached hydrogens (primary N) is 1. The van der Waals surface area contributed by atoms with Gasteiger partial charge >= 0.3 is 6.01 Å². The fourth-order valence-electron chi connectivity index (χ4n) is 6.31. The molecule has 3 aromatic heterocycles. The molecule has 11 heteroatoms. The van der Waals surface area contributed by atoms with E-state index in [0.717, 1.165) is 67.9 Å². The number of aromatic nitrogens is 4. The van der Waals surface area contributed by atoms with Crippen molar-refractivity contribution >= 4 is 43.4 Å². The van der Waals surface area contributed by atoms with Gasteiger partial charge in [0.25, 0.3) is 0 Å². The Labute approximate surface area is 228 Å². The van der Waals surface area contributed by atoms with Crippen LogP contribution >= 0.6 is 11.3 Å². The summed E-state index contributed by atoms with van der Waals surface area (Å²) in [7, 11) is 0.